The van der Waals surface area contributed by atoms with Crippen molar-refractivity contribution in [3.63, 3.8) is 0 Å². The minimum atomic E-state index is -2.89. The van der Waals surface area contributed by atoms with E-state index in [4.69, 9.17) is 5.11 Å². The van der Waals surface area contributed by atoms with E-state index < -0.39 is 23.7 Å². The molecule has 0 amide bonds. The fraction of sp³-hybridized carbons (Fsp3) is 0.583. The molecule has 0 atom stereocenters. The molecule has 0 aromatic carbocycles. The molecule has 0 aliphatic heterocycles. The number of aromatic nitrogens is 2. The molecule has 0 spiro atoms. The van der Waals surface area contributed by atoms with Crippen molar-refractivity contribution in [3.8, 4) is 0 Å². The summed E-state index contributed by atoms with van der Waals surface area (Å²) >= 11 is 0. The van der Waals surface area contributed by atoms with Crippen LogP contribution in [0.4, 0.5) is 8.78 Å². The summed E-state index contributed by atoms with van der Waals surface area (Å²) in [6.45, 7) is 0. The summed E-state index contributed by atoms with van der Waals surface area (Å²) in [7, 11) is 0. The molecule has 0 bridgehead atoms. The summed E-state index contributed by atoms with van der Waals surface area (Å²) in [5, 5.41) is 8.80. The van der Waals surface area contributed by atoms with Gasteiger partial charge in [-0.05, 0) is 12.8 Å². The monoisotopic (exact) mass is 256 g/mol. The summed E-state index contributed by atoms with van der Waals surface area (Å²) in [4.78, 5) is 18.5. The molecular weight excluding hydrogens is 242 g/mol. The third-order valence-corrected chi connectivity index (χ3v) is 3.24. The Kier molecular flexibility index (Phi) is 3.84. The Balaban J connectivity index is 2.33. The molecule has 6 heteroatoms. The molecule has 1 N–H and O–H groups in total. The van der Waals surface area contributed by atoms with Crippen LogP contribution in [0.5, 0.6) is 0 Å². The van der Waals surface area contributed by atoms with E-state index in [0.717, 1.165) is 38.3 Å². The number of carboxylic acid groups (broad SMARTS) is 1. The van der Waals surface area contributed by atoms with Gasteiger partial charge in [0, 0.05) is 12.1 Å². The Morgan fingerprint density at radius 2 is 2.00 bits per heavy atom. The smallest absolute Gasteiger partial charge is 0.339 e. The van der Waals surface area contributed by atoms with Crippen molar-refractivity contribution in [3.05, 3.63) is 23.3 Å². The fourth-order valence-electron chi connectivity index (χ4n) is 2.30. The maximum Gasteiger partial charge on any atom is 0.339 e. The Labute approximate surface area is 103 Å². The number of alkyl halides is 2. The molecule has 4 nitrogen and oxygen atoms in total. The number of aromatic carboxylic acids is 1. The van der Waals surface area contributed by atoms with Crippen molar-refractivity contribution >= 4 is 5.97 Å². The summed E-state index contributed by atoms with van der Waals surface area (Å²) in [6, 6.07) is 0. The molecule has 98 valence electrons. The van der Waals surface area contributed by atoms with Gasteiger partial charge in [0.1, 0.15) is 17.1 Å². The molecule has 1 heterocycles. The first-order valence-corrected chi connectivity index (χ1v) is 5.98. The molecule has 0 radical (unpaired) electrons. The van der Waals surface area contributed by atoms with E-state index >= 15 is 0 Å². The lowest BCUT2D eigenvalue weighted by molar-refractivity contribution is 0.0681. The van der Waals surface area contributed by atoms with Crippen LogP contribution in [0, 0.1) is 0 Å². The fourth-order valence-corrected chi connectivity index (χ4v) is 2.30. The molecule has 1 aromatic heterocycles. The van der Waals surface area contributed by atoms with Gasteiger partial charge >= 0.3 is 5.97 Å². The van der Waals surface area contributed by atoms with Crippen LogP contribution in [0.1, 0.15) is 66.3 Å². The van der Waals surface area contributed by atoms with Crippen LogP contribution in [-0.4, -0.2) is 21.0 Å². The van der Waals surface area contributed by atoms with E-state index in [0.29, 0.717) is 5.82 Å². The number of hydrogen-bond donors (Lipinski definition) is 1. The average Bonchev–Trinajstić information content (AvgIpc) is 2.39. The van der Waals surface area contributed by atoms with Crippen molar-refractivity contribution in [2.75, 3.05) is 0 Å². The van der Waals surface area contributed by atoms with E-state index in [2.05, 4.69) is 9.97 Å². The summed E-state index contributed by atoms with van der Waals surface area (Å²) in [5.74, 6) is -0.977. The molecule has 0 unspecified atom stereocenters. The quantitative estimate of drug-likeness (QED) is 0.902. The molecule has 18 heavy (non-hydrogen) atoms. The first kappa shape index (κ1) is 12.9. The highest BCUT2D eigenvalue weighted by molar-refractivity contribution is 5.88. The standard InChI is InChI=1S/C12H14F2N2O2/c13-10(14)9-8(12(17)18)6-15-11(16-9)7-4-2-1-3-5-7/h6-7,10H,1-5H2,(H,17,18). The van der Waals surface area contributed by atoms with Gasteiger partial charge in [-0.25, -0.2) is 23.5 Å². The van der Waals surface area contributed by atoms with E-state index in [9.17, 15) is 13.6 Å². The molecule has 0 saturated heterocycles. The molecule has 1 saturated carbocycles. The molecular formula is C12H14F2N2O2. The average molecular weight is 256 g/mol. The zero-order valence-corrected chi connectivity index (χ0v) is 9.77. The first-order valence-electron chi connectivity index (χ1n) is 5.98. The Hall–Kier alpha value is -1.59. The van der Waals surface area contributed by atoms with E-state index in [1.807, 2.05) is 0 Å². The Bertz CT molecular complexity index is 446. The highest BCUT2D eigenvalue weighted by atomic mass is 19.3. The van der Waals surface area contributed by atoms with Crippen LogP contribution >= 0.6 is 0 Å². The third kappa shape index (κ3) is 2.63. The van der Waals surface area contributed by atoms with Crippen LogP contribution in [0.3, 0.4) is 0 Å². The lowest BCUT2D eigenvalue weighted by Gasteiger charge is -2.20. The normalized spacial score (nSPS) is 17.1. The van der Waals surface area contributed by atoms with E-state index in [1.54, 1.807) is 0 Å². The number of halogens is 2. The molecule has 1 fully saturated rings. The van der Waals surface area contributed by atoms with Gasteiger partial charge in [0.15, 0.2) is 0 Å². The molecule has 1 aromatic rings. The predicted octanol–water partition coefficient (Wildman–Crippen LogP) is 3.16. The zero-order chi connectivity index (χ0) is 13.1. The van der Waals surface area contributed by atoms with E-state index in [-0.39, 0.29) is 5.92 Å². The highest BCUT2D eigenvalue weighted by Gasteiger charge is 2.24. The van der Waals surface area contributed by atoms with Crippen molar-refractivity contribution in [1.82, 2.24) is 9.97 Å². The Morgan fingerprint density at radius 1 is 1.33 bits per heavy atom. The number of carbonyl (C=O) groups is 1. The van der Waals surface area contributed by atoms with Crippen molar-refractivity contribution in [1.29, 1.82) is 0 Å². The Morgan fingerprint density at radius 3 is 2.56 bits per heavy atom. The number of hydrogen-bond acceptors (Lipinski definition) is 3. The number of carboxylic acids is 1. The second-order valence-corrected chi connectivity index (χ2v) is 4.47. The minimum absolute atomic E-state index is 0.0825. The van der Waals surface area contributed by atoms with Gasteiger partial charge in [0.2, 0.25) is 0 Å². The lowest BCUT2D eigenvalue weighted by atomic mass is 9.88. The van der Waals surface area contributed by atoms with Crippen LogP contribution in [-0.2, 0) is 0 Å². The van der Waals surface area contributed by atoms with Crippen LogP contribution in [0.15, 0.2) is 6.20 Å². The number of nitrogens with zero attached hydrogens (tertiary/aromatic N) is 2. The zero-order valence-electron chi connectivity index (χ0n) is 9.77. The van der Waals surface area contributed by atoms with Gasteiger partial charge in [-0.2, -0.15) is 0 Å². The van der Waals surface area contributed by atoms with Crippen LogP contribution in [0.25, 0.3) is 0 Å². The van der Waals surface area contributed by atoms with Gasteiger partial charge in [-0.3, -0.25) is 0 Å². The maximum atomic E-state index is 12.8. The predicted molar refractivity (Wildman–Crippen MR) is 59.8 cm³/mol. The summed E-state index contributed by atoms with van der Waals surface area (Å²) in [5.41, 5.74) is -1.18. The molecule has 1 aliphatic rings. The van der Waals surface area contributed by atoms with Gasteiger partial charge < -0.3 is 5.11 Å². The first-order chi connectivity index (χ1) is 8.59. The second kappa shape index (κ2) is 5.37. The van der Waals surface area contributed by atoms with Gasteiger partial charge in [-0.1, -0.05) is 19.3 Å². The SMILES string of the molecule is O=C(O)c1cnc(C2CCCCC2)nc1C(F)F. The second-order valence-electron chi connectivity index (χ2n) is 4.47. The van der Waals surface area contributed by atoms with Gasteiger partial charge in [-0.15, -0.1) is 0 Å². The van der Waals surface area contributed by atoms with Crippen LogP contribution in [0.2, 0.25) is 0 Å². The largest absolute Gasteiger partial charge is 0.478 e. The summed E-state index contributed by atoms with van der Waals surface area (Å²) < 4.78 is 25.6. The van der Waals surface area contributed by atoms with E-state index in [1.165, 1.54) is 0 Å². The topological polar surface area (TPSA) is 63.1 Å². The van der Waals surface area contributed by atoms with Crippen molar-refractivity contribution in [2.45, 2.75) is 44.4 Å². The molecule has 2 rings (SSSR count). The molecule has 1 aliphatic carbocycles. The van der Waals surface area contributed by atoms with Crippen molar-refractivity contribution < 1.29 is 18.7 Å². The third-order valence-electron chi connectivity index (χ3n) is 3.24. The minimum Gasteiger partial charge on any atom is -0.478 e. The van der Waals surface area contributed by atoms with Crippen LogP contribution < -0.4 is 0 Å². The van der Waals surface area contributed by atoms with Crippen molar-refractivity contribution in [2.24, 2.45) is 0 Å². The van der Waals surface area contributed by atoms with Gasteiger partial charge in [0.25, 0.3) is 6.43 Å². The van der Waals surface area contributed by atoms with Gasteiger partial charge in [0.05, 0.1) is 0 Å². The highest BCUT2D eigenvalue weighted by Crippen LogP contribution is 2.32. The lowest BCUT2D eigenvalue weighted by Crippen LogP contribution is -2.14. The summed E-state index contributed by atoms with van der Waals surface area (Å²) in [6.07, 6.45) is 3.11. The number of rotatable bonds is 3. The maximum absolute atomic E-state index is 12.8.